The first-order chi connectivity index (χ1) is 18.0. The first kappa shape index (κ1) is 25.9. The van der Waals surface area contributed by atoms with E-state index < -0.39 is 11.0 Å². The fraction of sp³-hybridized carbons (Fsp3) is 0.370. The average Bonchev–Trinajstić information content (AvgIpc) is 3.27. The van der Waals surface area contributed by atoms with Gasteiger partial charge in [-0.05, 0) is 63.1 Å². The normalized spacial score (nSPS) is 15.6. The van der Waals surface area contributed by atoms with Gasteiger partial charge < -0.3 is 20.5 Å². The van der Waals surface area contributed by atoms with E-state index in [1.165, 1.54) is 0 Å². The third-order valence-electron chi connectivity index (χ3n) is 6.79. The summed E-state index contributed by atoms with van der Waals surface area (Å²) in [5.74, 6) is 0.916. The van der Waals surface area contributed by atoms with E-state index in [1.54, 1.807) is 38.4 Å². The summed E-state index contributed by atoms with van der Waals surface area (Å²) in [6.45, 7) is 6.33. The molecule has 198 valence electrons. The SMILES string of the molecule is CC(C)(O)COc1nc(N2CCC(C)(C(N)=O)CC2)c2nc(-c3cccnc3)n(-c3ccc(Cl)cc3)c2n1. The highest BCUT2D eigenvalue weighted by Gasteiger charge is 2.37. The number of rotatable bonds is 7. The Balaban J connectivity index is 1.71. The van der Waals surface area contributed by atoms with Gasteiger partial charge in [-0.25, -0.2) is 4.98 Å². The fourth-order valence-electron chi connectivity index (χ4n) is 4.43. The molecule has 1 saturated heterocycles. The van der Waals surface area contributed by atoms with E-state index in [2.05, 4.69) is 9.88 Å². The van der Waals surface area contributed by atoms with Crippen LogP contribution < -0.4 is 15.4 Å². The molecule has 0 saturated carbocycles. The maximum absolute atomic E-state index is 12.1. The molecular formula is C27H30ClN7O3. The number of primary amides is 1. The number of aromatic nitrogens is 5. The molecule has 0 atom stereocenters. The molecule has 3 N–H and O–H groups in total. The lowest BCUT2D eigenvalue weighted by atomic mass is 9.80. The van der Waals surface area contributed by atoms with Gasteiger partial charge in [0, 0.05) is 47.2 Å². The number of nitrogens with zero attached hydrogens (tertiary/aromatic N) is 6. The molecular weight excluding hydrogens is 506 g/mol. The largest absolute Gasteiger partial charge is 0.460 e. The predicted molar refractivity (Wildman–Crippen MR) is 145 cm³/mol. The van der Waals surface area contributed by atoms with E-state index in [9.17, 15) is 9.90 Å². The second-order valence-corrected chi connectivity index (χ2v) is 10.9. The highest BCUT2D eigenvalue weighted by atomic mass is 35.5. The number of piperidine rings is 1. The first-order valence-corrected chi connectivity index (χ1v) is 12.8. The van der Waals surface area contributed by atoms with Crippen molar-refractivity contribution in [3.05, 3.63) is 53.8 Å². The van der Waals surface area contributed by atoms with Crippen molar-refractivity contribution in [2.45, 2.75) is 39.2 Å². The van der Waals surface area contributed by atoms with Crippen LogP contribution >= 0.6 is 11.6 Å². The van der Waals surface area contributed by atoms with Crippen LogP contribution in [0.2, 0.25) is 5.02 Å². The second kappa shape index (κ2) is 9.85. The quantitative estimate of drug-likeness (QED) is 0.365. The van der Waals surface area contributed by atoms with Crippen molar-refractivity contribution in [1.82, 2.24) is 24.5 Å². The van der Waals surface area contributed by atoms with Gasteiger partial charge in [0.2, 0.25) is 5.91 Å². The summed E-state index contributed by atoms with van der Waals surface area (Å²) in [5.41, 5.74) is 6.74. The van der Waals surface area contributed by atoms with Crippen LogP contribution in [-0.4, -0.2) is 60.8 Å². The van der Waals surface area contributed by atoms with Crippen molar-refractivity contribution in [1.29, 1.82) is 0 Å². The lowest BCUT2D eigenvalue weighted by molar-refractivity contribution is -0.127. The number of benzene rings is 1. The number of pyridine rings is 1. The van der Waals surface area contributed by atoms with E-state index in [1.807, 2.05) is 35.8 Å². The Kier molecular flexibility index (Phi) is 6.70. The molecule has 4 aromatic rings. The zero-order valence-corrected chi connectivity index (χ0v) is 22.3. The summed E-state index contributed by atoms with van der Waals surface area (Å²) in [5, 5.41) is 10.9. The highest BCUT2D eigenvalue weighted by molar-refractivity contribution is 6.30. The Labute approximate surface area is 225 Å². The minimum absolute atomic E-state index is 0.00222. The summed E-state index contributed by atoms with van der Waals surface area (Å²) >= 11 is 6.19. The number of ether oxygens (including phenoxy) is 1. The van der Waals surface area contributed by atoms with Crippen LogP contribution in [0.5, 0.6) is 6.01 Å². The molecule has 5 rings (SSSR count). The van der Waals surface area contributed by atoms with Gasteiger partial charge in [-0.1, -0.05) is 18.5 Å². The molecule has 1 aliphatic rings. The summed E-state index contributed by atoms with van der Waals surface area (Å²) in [6.07, 6.45) is 4.61. The fourth-order valence-corrected chi connectivity index (χ4v) is 4.56. The molecule has 1 aliphatic heterocycles. The van der Waals surface area contributed by atoms with Gasteiger partial charge in [0.05, 0.1) is 5.60 Å². The lowest BCUT2D eigenvalue weighted by Crippen LogP contribution is -2.45. The third-order valence-corrected chi connectivity index (χ3v) is 7.04. The predicted octanol–water partition coefficient (Wildman–Crippen LogP) is 3.77. The number of halogens is 1. The molecule has 0 radical (unpaired) electrons. The standard InChI is InChI=1S/C27H30ClN7O3/c1-26(2,37)16-38-25-32-22(34-13-10-27(3,11-14-34)24(29)36)20-23(33-25)35(19-8-6-18(28)7-9-19)21(31-20)17-5-4-12-30-15-17/h4-9,12,15,37H,10-11,13-14,16H2,1-3H3,(H2,29,36). The minimum Gasteiger partial charge on any atom is -0.460 e. The maximum Gasteiger partial charge on any atom is 0.320 e. The zero-order chi connectivity index (χ0) is 27.1. The number of amides is 1. The second-order valence-electron chi connectivity index (χ2n) is 10.5. The van der Waals surface area contributed by atoms with Gasteiger partial charge >= 0.3 is 6.01 Å². The van der Waals surface area contributed by atoms with Crippen LogP contribution in [0.25, 0.3) is 28.2 Å². The number of anilines is 1. The molecule has 1 aromatic carbocycles. The van der Waals surface area contributed by atoms with Crippen molar-refractivity contribution in [3.63, 3.8) is 0 Å². The van der Waals surface area contributed by atoms with Crippen molar-refractivity contribution in [2.24, 2.45) is 11.1 Å². The molecule has 0 unspecified atom stereocenters. The van der Waals surface area contributed by atoms with Crippen LogP contribution in [0, 0.1) is 5.41 Å². The number of carbonyl (C=O) groups excluding carboxylic acids is 1. The molecule has 38 heavy (non-hydrogen) atoms. The highest BCUT2D eigenvalue weighted by Crippen LogP contribution is 2.37. The lowest BCUT2D eigenvalue weighted by Gasteiger charge is -2.37. The number of carbonyl (C=O) groups is 1. The molecule has 3 aromatic heterocycles. The van der Waals surface area contributed by atoms with E-state index in [4.69, 9.17) is 37.0 Å². The van der Waals surface area contributed by atoms with Gasteiger partial charge in [-0.2, -0.15) is 9.97 Å². The summed E-state index contributed by atoms with van der Waals surface area (Å²) in [4.78, 5) is 32.9. The number of imidazole rings is 1. The topological polar surface area (TPSA) is 132 Å². The zero-order valence-electron chi connectivity index (χ0n) is 21.6. The van der Waals surface area contributed by atoms with E-state index >= 15 is 0 Å². The van der Waals surface area contributed by atoms with Crippen molar-refractivity contribution >= 4 is 34.5 Å². The molecule has 1 amide bonds. The Morgan fingerprint density at radius 1 is 1.16 bits per heavy atom. The van der Waals surface area contributed by atoms with Crippen LogP contribution in [0.15, 0.2) is 48.8 Å². The Morgan fingerprint density at radius 2 is 1.87 bits per heavy atom. The van der Waals surface area contributed by atoms with Crippen LogP contribution in [-0.2, 0) is 4.79 Å². The van der Waals surface area contributed by atoms with Crippen LogP contribution in [0.3, 0.4) is 0 Å². The Hall–Kier alpha value is -3.76. The van der Waals surface area contributed by atoms with Gasteiger partial charge in [0.25, 0.3) is 0 Å². The Morgan fingerprint density at radius 3 is 2.47 bits per heavy atom. The van der Waals surface area contributed by atoms with Crippen LogP contribution in [0.4, 0.5) is 5.82 Å². The summed E-state index contributed by atoms with van der Waals surface area (Å²) in [7, 11) is 0. The number of hydrogen-bond acceptors (Lipinski definition) is 8. The molecule has 0 bridgehead atoms. The molecule has 0 aliphatic carbocycles. The number of nitrogens with two attached hydrogens (primary N) is 1. The van der Waals surface area contributed by atoms with Gasteiger partial charge in [-0.3, -0.25) is 14.3 Å². The molecule has 4 heterocycles. The summed E-state index contributed by atoms with van der Waals surface area (Å²) in [6, 6.07) is 11.3. The molecule has 1 fully saturated rings. The minimum atomic E-state index is -1.08. The monoisotopic (exact) mass is 535 g/mol. The van der Waals surface area contributed by atoms with Gasteiger partial charge in [0.15, 0.2) is 17.0 Å². The van der Waals surface area contributed by atoms with Gasteiger partial charge in [-0.15, -0.1) is 0 Å². The number of hydrogen-bond donors (Lipinski definition) is 2. The molecule has 0 spiro atoms. The van der Waals surface area contributed by atoms with Crippen molar-refractivity contribution < 1.29 is 14.6 Å². The van der Waals surface area contributed by atoms with E-state index in [-0.39, 0.29) is 18.5 Å². The molecule has 11 heteroatoms. The maximum atomic E-state index is 12.1. The number of aliphatic hydroxyl groups is 1. The Bertz CT molecular complexity index is 1460. The van der Waals surface area contributed by atoms with Crippen molar-refractivity contribution in [3.8, 4) is 23.1 Å². The van der Waals surface area contributed by atoms with Crippen LogP contribution in [0.1, 0.15) is 33.6 Å². The average molecular weight is 536 g/mol. The van der Waals surface area contributed by atoms with E-state index in [0.717, 1.165) is 11.3 Å². The summed E-state index contributed by atoms with van der Waals surface area (Å²) < 4.78 is 7.79. The van der Waals surface area contributed by atoms with Crippen molar-refractivity contribution in [2.75, 3.05) is 24.6 Å². The number of fused-ring (bicyclic) bond motifs is 1. The third kappa shape index (κ3) is 5.14. The smallest absolute Gasteiger partial charge is 0.320 e. The van der Waals surface area contributed by atoms with Gasteiger partial charge in [0.1, 0.15) is 12.4 Å². The first-order valence-electron chi connectivity index (χ1n) is 12.4. The molecule has 10 nitrogen and oxygen atoms in total. The van der Waals surface area contributed by atoms with E-state index in [0.29, 0.717) is 53.8 Å².